The minimum absolute atomic E-state index is 0.0741. The molecule has 2 aromatic rings. The van der Waals surface area contributed by atoms with E-state index in [1.165, 1.54) is 24.3 Å². The van der Waals surface area contributed by atoms with Crippen molar-refractivity contribution in [2.24, 2.45) is 0 Å². The molecule has 9 heteroatoms. The summed E-state index contributed by atoms with van der Waals surface area (Å²) in [4.78, 5) is 35.7. The van der Waals surface area contributed by atoms with Crippen LogP contribution in [0.25, 0.3) is 0 Å². The van der Waals surface area contributed by atoms with Gasteiger partial charge in [0, 0.05) is 18.3 Å². The van der Waals surface area contributed by atoms with Crippen LogP contribution in [0.15, 0.2) is 42.6 Å². The van der Waals surface area contributed by atoms with Crippen molar-refractivity contribution >= 4 is 17.5 Å². The zero-order valence-electron chi connectivity index (χ0n) is 11.2. The Kier molecular flexibility index (Phi) is 4.70. The molecule has 0 spiro atoms. The number of nitrogens with zero attached hydrogens (tertiary/aromatic N) is 1. The van der Waals surface area contributed by atoms with Gasteiger partial charge in [-0.05, 0) is 24.3 Å². The van der Waals surface area contributed by atoms with E-state index in [0.29, 0.717) is 11.4 Å². The zero-order valence-corrected chi connectivity index (χ0v) is 11.2. The van der Waals surface area contributed by atoms with E-state index in [9.17, 15) is 19.7 Å². The fraction of sp³-hybridized carbons (Fsp3) is 0.0769. The highest BCUT2D eigenvalue weighted by atomic mass is 16.6. The molecular formula is C13H12N4O5. The molecule has 22 heavy (non-hydrogen) atoms. The van der Waals surface area contributed by atoms with E-state index in [1.807, 2.05) is 0 Å². The largest absolute Gasteiger partial charge is 0.484 e. The molecule has 1 aromatic carbocycles. The number of nitro benzene ring substituents is 1. The van der Waals surface area contributed by atoms with Crippen LogP contribution < -0.4 is 15.6 Å². The molecule has 0 saturated carbocycles. The Morgan fingerprint density at radius 1 is 1.18 bits per heavy atom. The molecular weight excluding hydrogens is 292 g/mol. The second-order valence-electron chi connectivity index (χ2n) is 4.13. The molecule has 1 heterocycles. The summed E-state index contributed by atoms with van der Waals surface area (Å²) in [6.07, 6.45) is 1.58. The Morgan fingerprint density at radius 2 is 1.91 bits per heavy atom. The summed E-state index contributed by atoms with van der Waals surface area (Å²) in [5.74, 6) is -0.761. The number of carbonyl (C=O) groups is 2. The summed E-state index contributed by atoms with van der Waals surface area (Å²) in [6, 6.07) is 8.48. The maximum Gasteiger partial charge on any atom is 0.286 e. The maximum atomic E-state index is 11.5. The molecule has 114 valence electrons. The lowest BCUT2D eigenvalue weighted by Crippen LogP contribution is -2.43. The van der Waals surface area contributed by atoms with Crippen molar-refractivity contribution in [2.75, 3.05) is 6.61 Å². The standard InChI is InChI=1S/C13H12N4O5/c18-12(15-16-13(19)11-2-1-7-14-11)8-22-10-5-3-9(4-6-10)17(20)21/h1-7,14H,8H2,(H,15,18)(H,16,19). The molecule has 0 saturated heterocycles. The number of H-pyrrole nitrogens is 1. The fourth-order valence-corrected chi connectivity index (χ4v) is 1.51. The molecule has 0 aliphatic heterocycles. The van der Waals surface area contributed by atoms with Crippen molar-refractivity contribution < 1.29 is 19.2 Å². The van der Waals surface area contributed by atoms with Gasteiger partial charge in [-0.1, -0.05) is 0 Å². The first kappa shape index (κ1) is 15.0. The van der Waals surface area contributed by atoms with Gasteiger partial charge in [0.2, 0.25) is 0 Å². The molecule has 0 radical (unpaired) electrons. The number of rotatable bonds is 5. The number of nitrogens with one attached hydrogen (secondary N) is 3. The highest BCUT2D eigenvalue weighted by Crippen LogP contribution is 2.16. The van der Waals surface area contributed by atoms with Gasteiger partial charge in [-0.2, -0.15) is 0 Å². The molecule has 2 rings (SSSR count). The van der Waals surface area contributed by atoms with Crippen LogP contribution in [-0.2, 0) is 4.79 Å². The Bertz CT molecular complexity index is 666. The molecule has 0 fully saturated rings. The van der Waals surface area contributed by atoms with Gasteiger partial charge in [0.05, 0.1) is 4.92 Å². The number of hydrazine groups is 1. The fourth-order valence-electron chi connectivity index (χ4n) is 1.51. The van der Waals surface area contributed by atoms with Gasteiger partial charge >= 0.3 is 0 Å². The van der Waals surface area contributed by atoms with E-state index in [4.69, 9.17) is 4.74 Å². The number of nitro groups is 1. The summed E-state index contributed by atoms with van der Waals surface area (Å²) in [6.45, 7) is -0.344. The van der Waals surface area contributed by atoms with E-state index < -0.39 is 16.7 Å². The van der Waals surface area contributed by atoms with E-state index in [2.05, 4.69) is 15.8 Å². The molecule has 2 amide bonds. The predicted molar refractivity (Wildman–Crippen MR) is 75.0 cm³/mol. The minimum Gasteiger partial charge on any atom is -0.484 e. The Morgan fingerprint density at radius 3 is 2.50 bits per heavy atom. The van der Waals surface area contributed by atoms with Crippen molar-refractivity contribution in [3.05, 3.63) is 58.4 Å². The smallest absolute Gasteiger partial charge is 0.286 e. The summed E-state index contributed by atoms with van der Waals surface area (Å²) in [5.41, 5.74) is 4.61. The van der Waals surface area contributed by atoms with Gasteiger partial charge in [0.15, 0.2) is 6.61 Å². The lowest BCUT2D eigenvalue weighted by Gasteiger charge is -2.08. The van der Waals surface area contributed by atoms with Gasteiger partial charge in [0.1, 0.15) is 11.4 Å². The van der Waals surface area contributed by atoms with Crippen molar-refractivity contribution in [1.29, 1.82) is 0 Å². The zero-order chi connectivity index (χ0) is 15.9. The van der Waals surface area contributed by atoms with Crippen molar-refractivity contribution in [2.45, 2.75) is 0 Å². The van der Waals surface area contributed by atoms with E-state index in [0.717, 1.165) is 0 Å². The first-order valence-electron chi connectivity index (χ1n) is 6.16. The van der Waals surface area contributed by atoms with Gasteiger partial charge in [-0.3, -0.25) is 30.6 Å². The average Bonchev–Trinajstić information content (AvgIpc) is 3.05. The molecule has 0 unspecified atom stereocenters. The van der Waals surface area contributed by atoms with Crippen LogP contribution in [0.1, 0.15) is 10.5 Å². The molecule has 3 N–H and O–H groups in total. The van der Waals surface area contributed by atoms with Gasteiger partial charge in [0.25, 0.3) is 17.5 Å². The van der Waals surface area contributed by atoms with Gasteiger partial charge < -0.3 is 9.72 Å². The quantitative estimate of drug-likeness (QED) is 0.555. The lowest BCUT2D eigenvalue weighted by molar-refractivity contribution is -0.384. The topological polar surface area (TPSA) is 126 Å². The SMILES string of the molecule is O=C(COc1ccc([N+](=O)[O-])cc1)NNC(=O)c1ccc[nH]1. The third kappa shape index (κ3) is 4.07. The third-order valence-electron chi connectivity index (χ3n) is 2.58. The summed E-state index contributed by atoms with van der Waals surface area (Å²) in [7, 11) is 0. The van der Waals surface area contributed by atoms with Crippen LogP contribution in [0.3, 0.4) is 0 Å². The highest BCUT2D eigenvalue weighted by molar-refractivity contribution is 5.93. The first-order chi connectivity index (χ1) is 10.6. The summed E-state index contributed by atoms with van der Waals surface area (Å²) >= 11 is 0. The monoisotopic (exact) mass is 304 g/mol. The predicted octanol–water partition coefficient (Wildman–Crippen LogP) is 0.763. The Balaban J connectivity index is 1.75. The molecule has 9 nitrogen and oxygen atoms in total. The maximum absolute atomic E-state index is 11.5. The molecule has 0 atom stereocenters. The number of amides is 2. The number of carbonyl (C=O) groups excluding carboxylic acids is 2. The van der Waals surface area contributed by atoms with E-state index >= 15 is 0 Å². The first-order valence-corrected chi connectivity index (χ1v) is 6.16. The van der Waals surface area contributed by atoms with Crippen LogP contribution in [-0.4, -0.2) is 28.3 Å². The van der Waals surface area contributed by atoms with E-state index in [-0.39, 0.29) is 12.3 Å². The van der Waals surface area contributed by atoms with E-state index in [1.54, 1.807) is 18.3 Å². The molecule has 0 aliphatic rings. The van der Waals surface area contributed by atoms with Crippen LogP contribution >= 0.6 is 0 Å². The second kappa shape index (κ2) is 6.88. The van der Waals surface area contributed by atoms with Crippen LogP contribution in [0, 0.1) is 10.1 Å². The number of hydrogen-bond donors (Lipinski definition) is 3. The second-order valence-corrected chi connectivity index (χ2v) is 4.13. The number of ether oxygens (including phenoxy) is 1. The molecule has 1 aromatic heterocycles. The van der Waals surface area contributed by atoms with Gasteiger partial charge in [-0.15, -0.1) is 0 Å². The van der Waals surface area contributed by atoms with Crippen LogP contribution in [0.4, 0.5) is 5.69 Å². The lowest BCUT2D eigenvalue weighted by atomic mass is 10.3. The van der Waals surface area contributed by atoms with Crippen molar-refractivity contribution in [3.8, 4) is 5.75 Å². The van der Waals surface area contributed by atoms with Crippen molar-refractivity contribution in [1.82, 2.24) is 15.8 Å². The number of hydrogen-bond acceptors (Lipinski definition) is 5. The Hall–Kier alpha value is -3.36. The number of non-ortho nitro benzene ring substituents is 1. The van der Waals surface area contributed by atoms with Crippen molar-refractivity contribution in [3.63, 3.8) is 0 Å². The van der Waals surface area contributed by atoms with Gasteiger partial charge in [-0.25, -0.2) is 0 Å². The molecule has 0 aliphatic carbocycles. The number of aromatic nitrogens is 1. The number of aromatic amines is 1. The average molecular weight is 304 g/mol. The normalized spacial score (nSPS) is 9.82. The molecule has 0 bridgehead atoms. The highest BCUT2D eigenvalue weighted by Gasteiger charge is 2.09. The summed E-state index contributed by atoms with van der Waals surface area (Å²) < 4.78 is 5.13. The minimum atomic E-state index is -0.571. The summed E-state index contributed by atoms with van der Waals surface area (Å²) in [5, 5.41) is 10.5. The Labute approximate surface area is 124 Å². The third-order valence-corrected chi connectivity index (χ3v) is 2.58. The van der Waals surface area contributed by atoms with Crippen LogP contribution in [0.2, 0.25) is 0 Å². The van der Waals surface area contributed by atoms with Crippen LogP contribution in [0.5, 0.6) is 5.75 Å². The number of benzene rings is 1.